The van der Waals surface area contributed by atoms with E-state index in [0.29, 0.717) is 5.56 Å². The van der Waals surface area contributed by atoms with Crippen LogP contribution in [0.3, 0.4) is 0 Å². The van der Waals surface area contributed by atoms with E-state index in [2.05, 4.69) is 15.9 Å². The Bertz CT molecular complexity index is 347. The molecule has 0 aliphatic heterocycles. The molecule has 5 heteroatoms. The zero-order valence-corrected chi connectivity index (χ0v) is 9.65. The van der Waals surface area contributed by atoms with Gasteiger partial charge < -0.3 is 15.4 Å². The second kappa shape index (κ2) is 4.14. The fraction of sp³-hybridized carbons (Fsp3) is 0.444. The van der Waals surface area contributed by atoms with Gasteiger partial charge in [-0.15, -0.1) is 0 Å². The molecule has 3 N–H and O–H groups in total. The zero-order valence-electron chi connectivity index (χ0n) is 8.07. The summed E-state index contributed by atoms with van der Waals surface area (Å²) >= 11 is 3.35. The van der Waals surface area contributed by atoms with Gasteiger partial charge in [0.15, 0.2) is 0 Å². The lowest BCUT2D eigenvalue weighted by molar-refractivity contribution is -0.138. The summed E-state index contributed by atoms with van der Waals surface area (Å²) in [5, 5.41) is 8.72. The Morgan fingerprint density at radius 1 is 1.64 bits per heavy atom. The van der Waals surface area contributed by atoms with Gasteiger partial charge in [-0.3, -0.25) is 4.79 Å². The van der Waals surface area contributed by atoms with Crippen molar-refractivity contribution in [1.82, 2.24) is 4.57 Å². The van der Waals surface area contributed by atoms with Gasteiger partial charge in [-0.2, -0.15) is 0 Å². The Morgan fingerprint density at radius 3 is 2.57 bits per heavy atom. The molecule has 0 saturated heterocycles. The van der Waals surface area contributed by atoms with Crippen LogP contribution < -0.4 is 5.73 Å². The van der Waals surface area contributed by atoms with E-state index < -0.39 is 12.0 Å². The van der Waals surface area contributed by atoms with Crippen molar-refractivity contribution >= 4 is 21.9 Å². The number of halogens is 1. The van der Waals surface area contributed by atoms with Gasteiger partial charge >= 0.3 is 5.97 Å². The number of nitrogens with zero attached hydrogens (tertiary/aromatic N) is 1. The monoisotopic (exact) mass is 260 g/mol. The molecule has 0 amide bonds. The maximum absolute atomic E-state index is 10.6. The molecule has 0 spiro atoms. The van der Waals surface area contributed by atoms with E-state index in [-0.39, 0.29) is 6.04 Å². The highest BCUT2D eigenvalue weighted by Gasteiger charge is 2.17. The summed E-state index contributed by atoms with van der Waals surface area (Å²) in [5.41, 5.74) is 6.10. The van der Waals surface area contributed by atoms with Crippen molar-refractivity contribution in [2.75, 3.05) is 0 Å². The largest absolute Gasteiger partial charge is 0.480 e. The minimum absolute atomic E-state index is 0.277. The quantitative estimate of drug-likeness (QED) is 0.873. The van der Waals surface area contributed by atoms with Crippen molar-refractivity contribution in [3.8, 4) is 0 Å². The third kappa shape index (κ3) is 2.16. The molecule has 1 aromatic heterocycles. The molecule has 1 atom stereocenters. The molecule has 0 radical (unpaired) electrons. The number of hydrogen-bond acceptors (Lipinski definition) is 2. The van der Waals surface area contributed by atoms with Crippen LogP contribution in [0.2, 0.25) is 0 Å². The number of nitrogens with two attached hydrogens (primary N) is 1. The van der Waals surface area contributed by atoms with Crippen LogP contribution in [0.4, 0.5) is 0 Å². The van der Waals surface area contributed by atoms with Crippen LogP contribution in [0.15, 0.2) is 16.9 Å². The van der Waals surface area contributed by atoms with Crippen molar-refractivity contribution in [2.45, 2.75) is 25.9 Å². The van der Waals surface area contributed by atoms with Crippen LogP contribution in [-0.4, -0.2) is 15.6 Å². The Labute approximate surface area is 90.8 Å². The Morgan fingerprint density at radius 2 is 2.21 bits per heavy atom. The second-order valence-electron chi connectivity index (χ2n) is 3.41. The SMILES string of the molecule is CC(C)n1cc(C(N)C(=O)O)cc1Br. The van der Waals surface area contributed by atoms with Crippen molar-refractivity contribution in [1.29, 1.82) is 0 Å². The van der Waals surface area contributed by atoms with Gasteiger partial charge in [0.05, 0.1) is 4.60 Å². The minimum atomic E-state index is -1.02. The van der Waals surface area contributed by atoms with Gasteiger partial charge in [0.2, 0.25) is 0 Å². The molecule has 0 saturated carbocycles. The van der Waals surface area contributed by atoms with Gasteiger partial charge in [0.25, 0.3) is 0 Å². The number of aliphatic carboxylic acids is 1. The van der Waals surface area contributed by atoms with Crippen molar-refractivity contribution in [3.05, 3.63) is 22.4 Å². The first-order valence-corrected chi connectivity index (χ1v) is 5.08. The fourth-order valence-electron chi connectivity index (χ4n) is 1.18. The Balaban J connectivity index is 3.02. The van der Waals surface area contributed by atoms with E-state index in [4.69, 9.17) is 10.8 Å². The number of carboxylic acids is 1. The third-order valence-corrected chi connectivity index (χ3v) is 2.64. The molecule has 1 heterocycles. The van der Waals surface area contributed by atoms with Crippen molar-refractivity contribution in [3.63, 3.8) is 0 Å². The normalized spacial score (nSPS) is 13.2. The highest BCUT2D eigenvalue weighted by atomic mass is 79.9. The maximum atomic E-state index is 10.6. The summed E-state index contributed by atoms with van der Waals surface area (Å²) in [4.78, 5) is 10.6. The number of carbonyl (C=O) groups is 1. The van der Waals surface area contributed by atoms with Crippen LogP contribution in [0.25, 0.3) is 0 Å². The van der Waals surface area contributed by atoms with Gasteiger partial charge in [-0.25, -0.2) is 0 Å². The van der Waals surface area contributed by atoms with Crippen LogP contribution in [0.5, 0.6) is 0 Å². The first-order chi connectivity index (χ1) is 6.43. The minimum Gasteiger partial charge on any atom is -0.480 e. The molecule has 0 aromatic carbocycles. The molecule has 1 rings (SSSR count). The van der Waals surface area contributed by atoms with E-state index in [1.807, 2.05) is 18.4 Å². The molecule has 4 nitrogen and oxygen atoms in total. The molecule has 0 aliphatic carbocycles. The summed E-state index contributed by atoms with van der Waals surface area (Å²) in [6, 6.07) is 1.06. The lowest BCUT2D eigenvalue weighted by Gasteiger charge is -2.08. The number of aromatic nitrogens is 1. The van der Waals surface area contributed by atoms with Crippen LogP contribution in [-0.2, 0) is 4.79 Å². The first-order valence-electron chi connectivity index (χ1n) is 4.29. The molecular formula is C9H13BrN2O2. The first kappa shape index (κ1) is 11.3. The van der Waals surface area contributed by atoms with Gasteiger partial charge in [-0.05, 0) is 41.4 Å². The number of carboxylic acid groups (broad SMARTS) is 1. The van der Waals surface area contributed by atoms with E-state index >= 15 is 0 Å². The molecule has 78 valence electrons. The van der Waals surface area contributed by atoms with E-state index in [9.17, 15) is 4.79 Å². The molecule has 1 unspecified atom stereocenters. The van der Waals surface area contributed by atoms with E-state index in [0.717, 1.165) is 4.60 Å². The molecule has 14 heavy (non-hydrogen) atoms. The van der Waals surface area contributed by atoms with Crippen LogP contribution >= 0.6 is 15.9 Å². The summed E-state index contributed by atoms with van der Waals surface area (Å²) < 4.78 is 2.78. The number of hydrogen-bond donors (Lipinski definition) is 2. The molecular weight excluding hydrogens is 248 g/mol. The summed E-state index contributed by atoms with van der Waals surface area (Å²) in [6.45, 7) is 4.03. The maximum Gasteiger partial charge on any atom is 0.325 e. The van der Waals surface area contributed by atoms with Crippen molar-refractivity contribution < 1.29 is 9.90 Å². The lowest BCUT2D eigenvalue weighted by atomic mass is 10.2. The fourth-order valence-corrected chi connectivity index (χ4v) is 1.96. The van der Waals surface area contributed by atoms with Crippen molar-refractivity contribution in [2.24, 2.45) is 5.73 Å². The predicted molar refractivity (Wildman–Crippen MR) is 57.1 cm³/mol. The van der Waals surface area contributed by atoms with Gasteiger partial charge in [0, 0.05) is 12.2 Å². The predicted octanol–water partition coefficient (Wildman–Crippen LogP) is 1.92. The lowest BCUT2D eigenvalue weighted by Crippen LogP contribution is -2.20. The highest BCUT2D eigenvalue weighted by Crippen LogP contribution is 2.23. The average Bonchev–Trinajstić information content (AvgIpc) is 2.45. The smallest absolute Gasteiger partial charge is 0.325 e. The highest BCUT2D eigenvalue weighted by molar-refractivity contribution is 9.10. The van der Waals surface area contributed by atoms with Gasteiger partial charge in [0.1, 0.15) is 6.04 Å². The van der Waals surface area contributed by atoms with E-state index in [1.165, 1.54) is 0 Å². The number of rotatable bonds is 3. The Hall–Kier alpha value is -0.810. The van der Waals surface area contributed by atoms with E-state index in [1.54, 1.807) is 12.3 Å². The van der Waals surface area contributed by atoms with Crippen LogP contribution in [0.1, 0.15) is 31.5 Å². The summed E-state index contributed by atoms with van der Waals surface area (Å²) in [5.74, 6) is -1.02. The topological polar surface area (TPSA) is 68.2 Å². The average molecular weight is 261 g/mol. The van der Waals surface area contributed by atoms with Crippen LogP contribution in [0, 0.1) is 0 Å². The standard InChI is InChI=1S/C9H13BrN2O2/c1-5(2)12-4-6(3-7(12)10)8(11)9(13)14/h3-5,8H,11H2,1-2H3,(H,13,14). The zero-order chi connectivity index (χ0) is 10.9. The molecule has 0 fully saturated rings. The summed E-state index contributed by atoms with van der Waals surface area (Å²) in [7, 11) is 0. The van der Waals surface area contributed by atoms with Gasteiger partial charge in [-0.1, -0.05) is 0 Å². The third-order valence-electron chi connectivity index (χ3n) is 2.00. The molecule has 1 aromatic rings. The second-order valence-corrected chi connectivity index (χ2v) is 4.23. The molecule has 0 aliphatic rings. The molecule has 0 bridgehead atoms. The Kier molecular flexibility index (Phi) is 3.34. The summed E-state index contributed by atoms with van der Waals surface area (Å²) in [6.07, 6.45) is 1.76.